The first-order valence-electron chi connectivity index (χ1n) is 7.47. The fourth-order valence-electron chi connectivity index (χ4n) is 2.42. The number of aromatic nitrogens is 3. The van der Waals surface area contributed by atoms with Gasteiger partial charge < -0.3 is 19.8 Å². The summed E-state index contributed by atoms with van der Waals surface area (Å²) in [6.45, 7) is 2.35. The van der Waals surface area contributed by atoms with E-state index in [0.717, 1.165) is 17.0 Å². The topological polar surface area (TPSA) is 99.0 Å². The largest absolute Gasteiger partial charge is 0.441 e. The quantitative estimate of drug-likeness (QED) is 0.552. The average Bonchev–Trinajstić information content (AvgIpc) is 3.12. The summed E-state index contributed by atoms with van der Waals surface area (Å²) in [5, 5.41) is 14.0. The predicted molar refractivity (Wildman–Crippen MR) is 88.7 cm³/mol. The van der Waals surface area contributed by atoms with Crippen molar-refractivity contribution >= 4 is 11.6 Å². The van der Waals surface area contributed by atoms with Crippen molar-refractivity contribution < 1.29 is 9.34 Å². The molecule has 0 aliphatic heterocycles. The van der Waals surface area contributed by atoms with Gasteiger partial charge >= 0.3 is 5.82 Å². The van der Waals surface area contributed by atoms with Crippen LogP contribution in [0.4, 0.5) is 11.6 Å². The highest BCUT2D eigenvalue weighted by molar-refractivity contribution is 5.54. The zero-order chi connectivity index (χ0) is 17.1. The highest BCUT2D eigenvalue weighted by atomic mass is 16.6. The van der Waals surface area contributed by atoms with E-state index in [2.05, 4.69) is 15.3 Å². The van der Waals surface area contributed by atoms with Crippen molar-refractivity contribution in [2.24, 2.45) is 7.05 Å². The molecule has 2 heterocycles. The van der Waals surface area contributed by atoms with Gasteiger partial charge in [-0.15, -0.1) is 0 Å². The maximum Gasteiger partial charge on any atom is 0.406 e. The van der Waals surface area contributed by atoms with Gasteiger partial charge in [0.2, 0.25) is 18.0 Å². The van der Waals surface area contributed by atoms with E-state index in [9.17, 15) is 10.1 Å². The predicted octanol–water partition coefficient (Wildman–Crippen LogP) is 2.95. The van der Waals surface area contributed by atoms with Gasteiger partial charge in [-0.25, -0.2) is 4.98 Å². The van der Waals surface area contributed by atoms with Crippen LogP contribution < -0.4 is 5.32 Å². The minimum atomic E-state index is -0.503. The Bertz CT molecular complexity index is 854. The molecule has 1 aromatic carbocycles. The van der Waals surface area contributed by atoms with Crippen molar-refractivity contribution in [3.05, 3.63) is 58.2 Å². The van der Waals surface area contributed by atoms with Crippen molar-refractivity contribution in [3.8, 4) is 11.5 Å². The first-order valence-corrected chi connectivity index (χ1v) is 7.47. The maximum absolute atomic E-state index is 10.9. The van der Waals surface area contributed by atoms with Gasteiger partial charge in [0.1, 0.15) is 5.76 Å². The van der Waals surface area contributed by atoms with E-state index < -0.39 is 4.92 Å². The van der Waals surface area contributed by atoms with Gasteiger partial charge in [-0.05, 0) is 29.0 Å². The summed E-state index contributed by atoms with van der Waals surface area (Å²) in [6.07, 6.45) is 2.00. The molecule has 24 heavy (non-hydrogen) atoms. The van der Waals surface area contributed by atoms with Crippen LogP contribution in [0.5, 0.6) is 0 Å². The Labute approximate surface area is 138 Å². The Hall–Kier alpha value is -3.16. The van der Waals surface area contributed by atoms with Gasteiger partial charge in [0, 0.05) is 25.6 Å². The van der Waals surface area contributed by atoms with Crippen molar-refractivity contribution in [1.82, 2.24) is 14.5 Å². The van der Waals surface area contributed by atoms with Crippen LogP contribution in [0.1, 0.15) is 11.5 Å². The molecule has 0 radical (unpaired) electrons. The number of aryl methyl sites for hydroxylation is 2. The molecule has 0 aliphatic carbocycles. The molecule has 2 aromatic heterocycles. The lowest BCUT2D eigenvalue weighted by molar-refractivity contribution is -0.388. The number of anilines is 1. The van der Waals surface area contributed by atoms with Crippen LogP contribution in [0.3, 0.4) is 0 Å². The molecule has 0 amide bonds. The van der Waals surface area contributed by atoms with E-state index in [-0.39, 0.29) is 5.82 Å². The smallest absolute Gasteiger partial charge is 0.406 e. The zero-order valence-corrected chi connectivity index (χ0v) is 13.4. The molecule has 0 atom stereocenters. The number of nitrogens with one attached hydrogen (secondary N) is 1. The van der Waals surface area contributed by atoms with E-state index in [1.165, 1.54) is 6.33 Å². The van der Waals surface area contributed by atoms with Crippen LogP contribution in [-0.4, -0.2) is 26.0 Å². The second-order valence-corrected chi connectivity index (χ2v) is 5.35. The first-order chi connectivity index (χ1) is 11.6. The van der Waals surface area contributed by atoms with E-state index in [4.69, 9.17) is 4.42 Å². The second kappa shape index (κ2) is 6.53. The van der Waals surface area contributed by atoms with Crippen molar-refractivity contribution in [2.45, 2.75) is 13.3 Å². The van der Waals surface area contributed by atoms with Crippen LogP contribution in [0.25, 0.3) is 11.5 Å². The summed E-state index contributed by atoms with van der Waals surface area (Å²) in [7, 11) is 1.71. The molecule has 0 aliphatic rings. The SMILES string of the molecule is Cc1oc(-c2ccccc2)nc1CCNc1c([N+](=O)[O-])ncn1C. The molecule has 8 nitrogen and oxygen atoms in total. The summed E-state index contributed by atoms with van der Waals surface area (Å²) in [5.74, 6) is 1.52. The normalized spacial score (nSPS) is 10.8. The molecule has 0 saturated carbocycles. The number of hydrogen-bond donors (Lipinski definition) is 1. The third-order valence-electron chi connectivity index (χ3n) is 3.66. The van der Waals surface area contributed by atoms with Gasteiger partial charge in [0.15, 0.2) is 0 Å². The van der Waals surface area contributed by atoms with Gasteiger partial charge in [0.25, 0.3) is 0 Å². The summed E-state index contributed by atoms with van der Waals surface area (Å²) < 4.78 is 7.30. The van der Waals surface area contributed by atoms with Gasteiger partial charge in [-0.3, -0.25) is 4.57 Å². The summed E-state index contributed by atoms with van der Waals surface area (Å²) in [5.41, 5.74) is 1.74. The fraction of sp³-hybridized carbons (Fsp3) is 0.250. The monoisotopic (exact) mass is 327 g/mol. The molecule has 124 valence electrons. The Morgan fingerprint density at radius 3 is 2.79 bits per heavy atom. The molecule has 3 rings (SSSR count). The first kappa shape index (κ1) is 15.7. The third kappa shape index (κ3) is 3.12. The lowest BCUT2D eigenvalue weighted by Gasteiger charge is -2.05. The summed E-state index contributed by atoms with van der Waals surface area (Å²) in [6, 6.07) is 9.67. The Morgan fingerprint density at radius 1 is 1.33 bits per heavy atom. The third-order valence-corrected chi connectivity index (χ3v) is 3.66. The lowest BCUT2D eigenvalue weighted by atomic mass is 10.2. The van der Waals surface area contributed by atoms with E-state index in [0.29, 0.717) is 24.7 Å². The molecular weight excluding hydrogens is 310 g/mol. The number of rotatable bonds is 6. The average molecular weight is 327 g/mol. The number of imidazole rings is 1. The van der Waals surface area contributed by atoms with Crippen LogP contribution >= 0.6 is 0 Å². The van der Waals surface area contributed by atoms with Gasteiger partial charge in [0.05, 0.1) is 5.69 Å². The minimum absolute atomic E-state index is 0.181. The van der Waals surface area contributed by atoms with Crippen LogP contribution in [0.15, 0.2) is 41.1 Å². The molecule has 1 N–H and O–H groups in total. The van der Waals surface area contributed by atoms with Crippen molar-refractivity contribution in [1.29, 1.82) is 0 Å². The Balaban J connectivity index is 1.69. The van der Waals surface area contributed by atoms with Crippen LogP contribution in [0.2, 0.25) is 0 Å². The molecular formula is C16H17N5O3. The van der Waals surface area contributed by atoms with E-state index in [1.54, 1.807) is 11.6 Å². The molecule has 0 unspecified atom stereocenters. The molecule has 8 heteroatoms. The molecule has 0 saturated heterocycles. The number of nitro groups is 1. The Kier molecular flexibility index (Phi) is 4.28. The minimum Gasteiger partial charge on any atom is -0.441 e. The molecule has 3 aromatic rings. The van der Waals surface area contributed by atoms with Gasteiger partial charge in [-0.1, -0.05) is 18.2 Å². The fourth-order valence-corrected chi connectivity index (χ4v) is 2.42. The maximum atomic E-state index is 10.9. The summed E-state index contributed by atoms with van der Waals surface area (Å²) in [4.78, 5) is 18.7. The molecule has 0 fully saturated rings. The van der Waals surface area contributed by atoms with Crippen LogP contribution in [0, 0.1) is 17.0 Å². The van der Waals surface area contributed by atoms with Crippen LogP contribution in [-0.2, 0) is 13.5 Å². The molecule has 0 bridgehead atoms. The standard InChI is InChI=1S/C16H17N5O3/c1-11-13(19-16(24-11)12-6-4-3-5-7-12)8-9-17-14-15(21(22)23)18-10-20(14)2/h3-7,10,17H,8-9H2,1-2H3. The number of nitrogens with zero attached hydrogens (tertiary/aromatic N) is 4. The van der Waals surface area contributed by atoms with Gasteiger partial charge in [-0.2, -0.15) is 0 Å². The lowest BCUT2D eigenvalue weighted by Crippen LogP contribution is -2.10. The second-order valence-electron chi connectivity index (χ2n) is 5.35. The highest BCUT2D eigenvalue weighted by Crippen LogP contribution is 2.23. The number of benzene rings is 1. The summed E-state index contributed by atoms with van der Waals surface area (Å²) >= 11 is 0. The number of oxazole rings is 1. The van der Waals surface area contributed by atoms with E-state index >= 15 is 0 Å². The molecule has 0 spiro atoms. The van der Waals surface area contributed by atoms with Crippen molar-refractivity contribution in [3.63, 3.8) is 0 Å². The van der Waals surface area contributed by atoms with Crippen molar-refractivity contribution in [2.75, 3.05) is 11.9 Å². The highest BCUT2D eigenvalue weighted by Gasteiger charge is 2.19. The van der Waals surface area contributed by atoms with E-state index in [1.807, 2.05) is 37.3 Å². The number of hydrogen-bond acceptors (Lipinski definition) is 6. The zero-order valence-electron chi connectivity index (χ0n) is 13.4. The Morgan fingerprint density at radius 2 is 2.08 bits per heavy atom.